The number of hydrogen-bond acceptors (Lipinski definition) is 3. The van der Waals surface area contributed by atoms with Crippen LogP contribution < -0.4 is 15.4 Å². The van der Waals surface area contributed by atoms with Crippen molar-refractivity contribution in [3.8, 4) is 5.75 Å². The van der Waals surface area contributed by atoms with Gasteiger partial charge in [0.2, 0.25) is 0 Å². The van der Waals surface area contributed by atoms with Crippen molar-refractivity contribution < 1.29 is 4.74 Å². The van der Waals surface area contributed by atoms with E-state index in [1.165, 1.54) is 5.56 Å². The van der Waals surface area contributed by atoms with Crippen molar-refractivity contribution in [3.05, 3.63) is 54.1 Å². The van der Waals surface area contributed by atoms with E-state index in [-0.39, 0.29) is 6.10 Å². The lowest BCUT2D eigenvalue weighted by molar-refractivity contribution is 0.189. The third kappa shape index (κ3) is 3.13. The van der Waals surface area contributed by atoms with E-state index in [9.17, 15) is 0 Å². The normalized spacial score (nSPS) is 17.2. The van der Waals surface area contributed by atoms with Crippen LogP contribution in [0.3, 0.4) is 0 Å². The predicted octanol–water partition coefficient (Wildman–Crippen LogP) is 3.49. The minimum absolute atomic E-state index is 0.245. The van der Waals surface area contributed by atoms with Crippen LogP contribution in [0.2, 0.25) is 0 Å². The first-order valence-electron chi connectivity index (χ1n) is 7.61. The number of rotatable bonds is 4. The molecule has 0 fully saturated rings. The summed E-state index contributed by atoms with van der Waals surface area (Å²) in [5, 5.41) is 0. The molecule has 1 aliphatic heterocycles. The van der Waals surface area contributed by atoms with Gasteiger partial charge in [0.1, 0.15) is 11.9 Å². The standard InChI is InChI=1S/C18H22N2O/c1-2-16-13-20(11-10-14-6-4-3-5-7-14)17-9-8-15(19)12-18(17)21-16/h3-9,12,16H,2,10-11,13,19H2,1H3. The van der Waals surface area contributed by atoms with Gasteiger partial charge in [0.15, 0.2) is 0 Å². The van der Waals surface area contributed by atoms with E-state index in [2.05, 4.69) is 48.2 Å². The van der Waals surface area contributed by atoms with Crippen molar-refractivity contribution in [1.29, 1.82) is 0 Å². The summed E-state index contributed by atoms with van der Waals surface area (Å²) >= 11 is 0. The number of ether oxygens (including phenoxy) is 1. The molecule has 0 spiro atoms. The van der Waals surface area contributed by atoms with E-state index < -0.39 is 0 Å². The van der Waals surface area contributed by atoms with Crippen LogP contribution in [0.1, 0.15) is 18.9 Å². The molecule has 0 aromatic heterocycles. The summed E-state index contributed by atoms with van der Waals surface area (Å²) in [6.07, 6.45) is 2.30. The summed E-state index contributed by atoms with van der Waals surface area (Å²) < 4.78 is 6.02. The molecular weight excluding hydrogens is 260 g/mol. The van der Waals surface area contributed by atoms with Crippen molar-refractivity contribution >= 4 is 11.4 Å². The second-order valence-electron chi connectivity index (χ2n) is 5.56. The Morgan fingerprint density at radius 1 is 1.19 bits per heavy atom. The molecule has 0 saturated heterocycles. The molecule has 0 radical (unpaired) electrons. The van der Waals surface area contributed by atoms with Crippen LogP contribution in [0.25, 0.3) is 0 Å². The summed E-state index contributed by atoms with van der Waals surface area (Å²) in [6, 6.07) is 16.6. The Bertz CT molecular complexity index is 597. The lowest BCUT2D eigenvalue weighted by Crippen LogP contribution is -2.40. The molecule has 1 heterocycles. The highest BCUT2D eigenvalue weighted by Gasteiger charge is 2.24. The molecule has 3 rings (SSSR count). The number of nitrogens with zero attached hydrogens (tertiary/aromatic N) is 1. The number of benzene rings is 2. The number of fused-ring (bicyclic) bond motifs is 1. The Hall–Kier alpha value is -2.16. The Labute approximate surface area is 126 Å². The lowest BCUT2D eigenvalue weighted by Gasteiger charge is -2.36. The predicted molar refractivity (Wildman–Crippen MR) is 87.9 cm³/mol. The first kappa shape index (κ1) is 13.8. The molecule has 2 N–H and O–H groups in total. The Morgan fingerprint density at radius 3 is 2.76 bits per heavy atom. The van der Waals surface area contributed by atoms with Crippen molar-refractivity contribution in [2.45, 2.75) is 25.9 Å². The minimum Gasteiger partial charge on any atom is -0.486 e. The van der Waals surface area contributed by atoms with E-state index in [0.29, 0.717) is 0 Å². The van der Waals surface area contributed by atoms with Gasteiger partial charge in [0.05, 0.1) is 12.2 Å². The number of hydrogen-bond donors (Lipinski definition) is 1. The van der Waals surface area contributed by atoms with Crippen molar-refractivity contribution in [3.63, 3.8) is 0 Å². The molecule has 1 aliphatic rings. The molecule has 1 unspecified atom stereocenters. The highest BCUT2D eigenvalue weighted by atomic mass is 16.5. The number of nitrogens with two attached hydrogens (primary N) is 1. The quantitative estimate of drug-likeness (QED) is 0.872. The molecule has 3 nitrogen and oxygen atoms in total. The third-order valence-electron chi connectivity index (χ3n) is 4.01. The molecule has 2 aromatic rings. The fourth-order valence-electron chi connectivity index (χ4n) is 2.78. The Balaban J connectivity index is 1.78. The second kappa shape index (κ2) is 6.08. The van der Waals surface area contributed by atoms with Gasteiger partial charge in [-0.1, -0.05) is 37.3 Å². The van der Waals surface area contributed by atoms with E-state index in [0.717, 1.165) is 43.1 Å². The molecule has 3 heteroatoms. The van der Waals surface area contributed by atoms with Crippen LogP contribution in [-0.2, 0) is 6.42 Å². The first-order chi connectivity index (χ1) is 10.3. The fourth-order valence-corrected chi connectivity index (χ4v) is 2.78. The van der Waals surface area contributed by atoms with Crippen LogP contribution in [0.4, 0.5) is 11.4 Å². The molecule has 21 heavy (non-hydrogen) atoms. The summed E-state index contributed by atoms with van der Waals surface area (Å²) in [4.78, 5) is 2.42. The maximum atomic E-state index is 6.02. The highest BCUT2D eigenvalue weighted by molar-refractivity contribution is 5.65. The minimum atomic E-state index is 0.245. The summed E-state index contributed by atoms with van der Waals surface area (Å²) in [6.45, 7) is 4.11. The van der Waals surface area contributed by atoms with Gasteiger partial charge in [0, 0.05) is 18.3 Å². The number of nitrogen functional groups attached to an aromatic ring is 1. The Morgan fingerprint density at radius 2 is 2.00 bits per heavy atom. The molecule has 110 valence electrons. The van der Waals surface area contributed by atoms with Gasteiger partial charge >= 0.3 is 0 Å². The van der Waals surface area contributed by atoms with Gasteiger partial charge < -0.3 is 15.4 Å². The molecule has 1 atom stereocenters. The van der Waals surface area contributed by atoms with Gasteiger partial charge in [-0.3, -0.25) is 0 Å². The van der Waals surface area contributed by atoms with Gasteiger partial charge in [-0.15, -0.1) is 0 Å². The molecule has 0 saturated carbocycles. The summed E-state index contributed by atoms with van der Waals surface area (Å²) in [5.74, 6) is 0.918. The zero-order chi connectivity index (χ0) is 14.7. The summed E-state index contributed by atoms with van der Waals surface area (Å²) in [5.41, 5.74) is 9.17. The first-order valence-corrected chi connectivity index (χ1v) is 7.61. The highest BCUT2D eigenvalue weighted by Crippen LogP contribution is 2.35. The van der Waals surface area contributed by atoms with E-state index in [1.807, 2.05) is 12.1 Å². The lowest BCUT2D eigenvalue weighted by atomic mass is 10.1. The van der Waals surface area contributed by atoms with Crippen LogP contribution in [0.15, 0.2) is 48.5 Å². The van der Waals surface area contributed by atoms with Crippen LogP contribution in [0, 0.1) is 0 Å². The zero-order valence-electron chi connectivity index (χ0n) is 12.5. The van der Waals surface area contributed by atoms with E-state index >= 15 is 0 Å². The van der Waals surface area contributed by atoms with Crippen molar-refractivity contribution in [1.82, 2.24) is 0 Å². The SMILES string of the molecule is CCC1CN(CCc2ccccc2)c2ccc(N)cc2O1. The second-order valence-corrected chi connectivity index (χ2v) is 5.56. The van der Waals surface area contributed by atoms with Crippen molar-refractivity contribution in [2.24, 2.45) is 0 Å². The maximum Gasteiger partial charge on any atom is 0.145 e. The monoisotopic (exact) mass is 282 g/mol. The van der Waals surface area contributed by atoms with Gasteiger partial charge in [0.25, 0.3) is 0 Å². The van der Waals surface area contributed by atoms with Crippen molar-refractivity contribution in [2.75, 3.05) is 23.7 Å². The molecule has 0 aliphatic carbocycles. The van der Waals surface area contributed by atoms with E-state index in [1.54, 1.807) is 0 Å². The molecular formula is C18H22N2O. The van der Waals surface area contributed by atoms with Crippen LogP contribution in [-0.4, -0.2) is 19.2 Å². The number of anilines is 2. The van der Waals surface area contributed by atoms with Gasteiger partial charge in [-0.2, -0.15) is 0 Å². The summed E-state index contributed by atoms with van der Waals surface area (Å²) in [7, 11) is 0. The largest absolute Gasteiger partial charge is 0.486 e. The fraction of sp³-hybridized carbons (Fsp3) is 0.333. The topological polar surface area (TPSA) is 38.5 Å². The third-order valence-corrected chi connectivity index (χ3v) is 4.01. The Kier molecular flexibility index (Phi) is 4.00. The van der Waals surface area contributed by atoms with Gasteiger partial charge in [-0.25, -0.2) is 0 Å². The molecule has 0 amide bonds. The zero-order valence-corrected chi connectivity index (χ0v) is 12.5. The molecule has 0 bridgehead atoms. The van der Waals surface area contributed by atoms with E-state index in [4.69, 9.17) is 10.5 Å². The molecule has 2 aromatic carbocycles. The smallest absolute Gasteiger partial charge is 0.145 e. The maximum absolute atomic E-state index is 6.02. The van der Waals surface area contributed by atoms with Gasteiger partial charge in [-0.05, 0) is 30.5 Å². The van der Waals surface area contributed by atoms with Crippen LogP contribution >= 0.6 is 0 Å². The van der Waals surface area contributed by atoms with Crippen LogP contribution in [0.5, 0.6) is 5.75 Å². The average molecular weight is 282 g/mol. The average Bonchev–Trinajstić information content (AvgIpc) is 2.52.